The van der Waals surface area contributed by atoms with Gasteiger partial charge >= 0.3 is 0 Å². The van der Waals surface area contributed by atoms with Crippen molar-refractivity contribution in [3.63, 3.8) is 0 Å². The van der Waals surface area contributed by atoms with Crippen LogP contribution in [-0.2, 0) is 6.42 Å². The largest absolute Gasteiger partial charge is 0.330 e. The minimum absolute atomic E-state index is 0.0456. The molecule has 0 aliphatic heterocycles. The fourth-order valence-corrected chi connectivity index (χ4v) is 1.65. The van der Waals surface area contributed by atoms with E-state index in [1.807, 2.05) is 13.8 Å². The molecule has 0 bridgehead atoms. The Morgan fingerprint density at radius 2 is 1.88 bits per heavy atom. The third-order valence-corrected chi connectivity index (χ3v) is 3.32. The number of hydrogen-bond acceptors (Lipinski definition) is 1. The Morgan fingerprint density at radius 3 is 2.44 bits per heavy atom. The summed E-state index contributed by atoms with van der Waals surface area (Å²) >= 11 is 2.95. The van der Waals surface area contributed by atoms with E-state index in [1.165, 1.54) is 12.1 Å². The van der Waals surface area contributed by atoms with Crippen LogP contribution in [0.1, 0.15) is 25.8 Å². The van der Waals surface area contributed by atoms with Gasteiger partial charge in [0.25, 0.3) is 0 Å². The van der Waals surface area contributed by atoms with Gasteiger partial charge in [0.15, 0.2) is 0 Å². The van der Waals surface area contributed by atoms with Gasteiger partial charge in [-0.3, -0.25) is 0 Å². The van der Waals surface area contributed by atoms with Crippen LogP contribution in [0, 0.1) is 17.0 Å². The van der Waals surface area contributed by atoms with Crippen LogP contribution in [0.15, 0.2) is 16.6 Å². The van der Waals surface area contributed by atoms with Crippen LogP contribution >= 0.6 is 15.9 Å². The molecule has 0 aliphatic carbocycles. The van der Waals surface area contributed by atoms with Crippen LogP contribution in [0.5, 0.6) is 0 Å². The highest BCUT2D eigenvalue weighted by atomic mass is 79.9. The monoisotopic (exact) mass is 291 g/mol. The number of nitrogens with two attached hydrogens (primary N) is 1. The number of benzene rings is 1. The molecule has 1 rings (SSSR count). The molecule has 0 spiro atoms. The second-order valence-electron chi connectivity index (χ2n) is 4.73. The van der Waals surface area contributed by atoms with E-state index in [2.05, 4.69) is 15.9 Å². The van der Waals surface area contributed by atoms with Crippen LogP contribution in [0.25, 0.3) is 0 Å². The maximum Gasteiger partial charge on any atom is 0.137 e. The fraction of sp³-hybridized carbons (Fsp3) is 0.500. The molecule has 1 aromatic carbocycles. The zero-order chi connectivity index (χ0) is 12.3. The van der Waals surface area contributed by atoms with Gasteiger partial charge in [-0.2, -0.15) is 0 Å². The number of hydrogen-bond donors (Lipinski definition) is 1. The first-order valence-corrected chi connectivity index (χ1v) is 5.98. The lowest BCUT2D eigenvalue weighted by atomic mass is 9.86. The summed E-state index contributed by atoms with van der Waals surface area (Å²) in [4.78, 5) is 0. The lowest BCUT2D eigenvalue weighted by Gasteiger charge is -2.22. The number of aryl methyl sites for hydroxylation is 1. The number of halogens is 3. The topological polar surface area (TPSA) is 26.0 Å². The Morgan fingerprint density at radius 1 is 1.25 bits per heavy atom. The Balaban J connectivity index is 2.79. The molecule has 0 heterocycles. The van der Waals surface area contributed by atoms with Gasteiger partial charge in [0, 0.05) is 0 Å². The molecule has 4 heteroatoms. The standard InChI is InChI=1S/C12H16BrF2N/c1-12(2,7-16)4-3-8-5-11(15)9(13)6-10(8)14/h5-6H,3-4,7,16H2,1-2H3. The van der Waals surface area contributed by atoms with Crippen molar-refractivity contribution in [3.05, 3.63) is 33.8 Å². The summed E-state index contributed by atoms with van der Waals surface area (Å²) in [6.45, 7) is 4.56. The Kier molecular flexibility index (Phi) is 4.44. The van der Waals surface area contributed by atoms with E-state index in [0.29, 0.717) is 18.5 Å². The van der Waals surface area contributed by atoms with Gasteiger partial charge in [0.2, 0.25) is 0 Å². The first-order chi connectivity index (χ1) is 7.35. The highest BCUT2D eigenvalue weighted by Crippen LogP contribution is 2.25. The molecule has 0 atom stereocenters. The molecule has 0 saturated heterocycles. The second kappa shape index (κ2) is 5.23. The lowest BCUT2D eigenvalue weighted by Crippen LogP contribution is -2.24. The summed E-state index contributed by atoms with van der Waals surface area (Å²) in [6.07, 6.45) is 1.24. The highest BCUT2D eigenvalue weighted by molar-refractivity contribution is 9.10. The molecule has 0 aliphatic rings. The molecule has 16 heavy (non-hydrogen) atoms. The van der Waals surface area contributed by atoms with E-state index in [1.54, 1.807) is 0 Å². The first-order valence-electron chi connectivity index (χ1n) is 5.19. The van der Waals surface area contributed by atoms with E-state index in [0.717, 1.165) is 6.42 Å². The van der Waals surface area contributed by atoms with Crippen molar-refractivity contribution in [2.45, 2.75) is 26.7 Å². The molecule has 0 saturated carbocycles. The van der Waals surface area contributed by atoms with E-state index in [4.69, 9.17) is 5.73 Å². The number of rotatable bonds is 4. The molecule has 0 unspecified atom stereocenters. The third-order valence-electron chi connectivity index (χ3n) is 2.71. The Labute approximate surface area is 103 Å². The average molecular weight is 292 g/mol. The molecular weight excluding hydrogens is 276 g/mol. The van der Waals surface area contributed by atoms with Crippen molar-refractivity contribution in [2.24, 2.45) is 11.1 Å². The van der Waals surface area contributed by atoms with Gasteiger partial charge in [0.05, 0.1) is 4.47 Å². The maximum atomic E-state index is 13.5. The molecule has 90 valence electrons. The predicted octanol–water partition coefficient (Wildman–Crippen LogP) is 3.64. The molecule has 1 aromatic rings. The molecule has 2 N–H and O–H groups in total. The summed E-state index contributed by atoms with van der Waals surface area (Å²) in [5.41, 5.74) is 5.95. The summed E-state index contributed by atoms with van der Waals surface area (Å²) in [7, 11) is 0. The predicted molar refractivity (Wildman–Crippen MR) is 65.2 cm³/mol. The SMILES string of the molecule is CC(C)(CN)CCc1cc(F)c(Br)cc1F. The van der Waals surface area contributed by atoms with Gasteiger partial charge in [-0.15, -0.1) is 0 Å². The smallest absolute Gasteiger partial charge is 0.137 e. The Hall–Kier alpha value is -0.480. The van der Waals surface area contributed by atoms with Crippen LogP contribution in [0.3, 0.4) is 0 Å². The minimum atomic E-state index is -0.429. The fourth-order valence-electron chi connectivity index (χ4n) is 1.33. The molecule has 0 amide bonds. The Bertz CT molecular complexity index is 378. The van der Waals surface area contributed by atoms with Crippen LogP contribution < -0.4 is 5.73 Å². The van der Waals surface area contributed by atoms with Crippen LogP contribution in [0.2, 0.25) is 0 Å². The van der Waals surface area contributed by atoms with Crippen molar-refractivity contribution < 1.29 is 8.78 Å². The first kappa shape index (κ1) is 13.6. The molecule has 0 aromatic heterocycles. The van der Waals surface area contributed by atoms with Gasteiger partial charge in [-0.05, 0) is 58.4 Å². The van der Waals surface area contributed by atoms with Crippen LogP contribution in [-0.4, -0.2) is 6.54 Å². The van der Waals surface area contributed by atoms with E-state index < -0.39 is 5.82 Å². The lowest BCUT2D eigenvalue weighted by molar-refractivity contribution is 0.345. The molecular formula is C12H16BrF2N. The average Bonchev–Trinajstić information content (AvgIpc) is 2.22. The van der Waals surface area contributed by atoms with E-state index in [9.17, 15) is 8.78 Å². The van der Waals surface area contributed by atoms with Gasteiger partial charge < -0.3 is 5.73 Å². The molecule has 0 radical (unpaired) electrons. The van der Waals surface area contributed by atoms with Gasteiger partial charge in [0.1, 0.15) is 11.6 Å². The third kappa shape index (κ3) is 3.52. The van der Waals surface area contributed by atoms with Crippen molar-refractivity contribution in [2.75, 3.05) is 6.54 Å². The quantitative estimate of drug-likeness (QED) is 0.842. The normalized spacial score (nSPS) is 11.9. The molecule has 0 fully saturated rings. The summed E-state index contributed by atoms with van der Waals surface area (Å²) in [6, 6.07) is 2.41. The van der Waals surface area contributed by atoms with Crippen LogP contribution in [0.4, 0.5) is 8.78 Å². The highest BCUT2D eigenvalue weighted by Gasteiger charge is 2.17. The second-order valence-corrected chi connectivity index (χ2v) is 5.58. The maximum absolute atomic E-state index is 13.5. The van der Waals surface area contributed by atoms with Crippen molar-refractivity contribution in [3.8, 4) is 0 Å². The van der Waals surface area contributed by atoms with Crippen molar-refractivity contribution in [1.29, 1.82) is 0 Å². The minimum Gasteiger partial charge on any atom is -0.330 e. The van der Waals surface area contributed by atoms with Crippen molar-refractivity contribution >= 4 is 15.9 Å². The van der Waals surface area contributed by atoms with E-state index >= 15 is 0 Å². The molecule has 1 nitrogen and oxygen atoms in total. The van der Waals surface area contributed by atoms with E-state index in [-0.39, 0.29) is 15.7 Å². The zero-order valence-electron chi connectivity index (χ0n) is 9.49. The van der Waals surface area contributed by atoms with Gasteiger partial charge in [-0.1, -0.05) is 13.8 Å². The summed E-state index contributed by atoms with van der Waals surface area (Å²) in [5, 5.41) is 0. The summed E-state index contributed by atoms with van der Waals surface area (Å²) in [5.74, 6) is -0.803. The van der Waals surface area contributed by atoms with Crippen molar-refractivity contribution in [1.82, 2.24) is 0 Å². The zero-order valence-corrected chi connectivity index (χ0v) is 11.1. The van der Waals surface area contributed by atoms with Gasteiger partial charge in [-0.25, -0.2) is 8.78 Å². The summed E-state index contributed by atoms with van der Waals surface area (Å²) < 4.78 is 26.9.